The van der Waals surface area contributed by atoms with E-state index in [0.717, 1.165) is 16.0 Å². The summed E-state index contributed by atoms with van der Waals surface area (Å²) in [5, 5.41) is 0. The Kier molecular flexibility index (Phi) is 4.84. The number of benzene rings is 2. The molecule has 0 N–H and O–H groups in total. The van der Waals surface area contributed by atoms with Crippen LogP contribution in [0.1, 0.15) is 30.9 Å². The van der Waals surface area contributed by atoms with Crippen molar-refractivity contribution >= 4 is 35.0 Å². The van der Waals surface area contributed by atoms with Crippen LogP contribution >= 0.6 is 0 Å². The molecular formula is C23H20N2O4. The van der Waals surface area contributed by atoms with Gasteiger partial charge in [-0.1, -0.05) is 31.2 Å². The SMILES string of the molecule is CCC1CC(=O)N(c2ccc(Cc3ccc(N4C(=O)C=CC4=O)cc3)cc2)C1=O. The summed E-state index contributed by atoms with van der Waals surface area (Å²) in [5.74, 6) is -1.17. The van der Waals surface area contributed by atoms with Gasteiger partial charge in [-0.05, 0) is 48.2 Å². The van der Waals surface area contributed by atoms with Crippen molar-refractivity contribution in [1.82, 2.24) is 0 Å². The molecule has 0 spiro atoms. The van der Waals surface area contributed by atoms with E-state index in [1.54, 1.807) is 24.3 Å². The monoisotopic (exact) mass is 388 g/mol. The maximum Gasteiger partial charge on any atom is 0.258 e. The van der Waals surface area contributed by atoms with E-state index in [0.29, 0.717) is 24.2 Å². The summed E-state index contributed by atoms with van der Waals surface area (Å²) in [6.07, 6.45) is 4.12. The minimum atomic E-state index is -0.338. The second-order valence-corrected chi connectivity index (χ2v) is 7.23. The van der Waals surface area contributed by atoms with Gasteiger partial charge in [0.2, 0.25) is 11.8 Å². The highest BCUT2D eigenvalue weighted by Gasteiger charge is 2.38. The van der Waals surface area contributed by atoms with Crippen LogP contribution in [0.4, 0.5) is 11.4 Å². The number of nitrogens with zero attached hydrogens (tertiary/aromatic N) is 2. The Morgan fingerprint density at radius 3 is 1.69 bits per heavy atom. The van der Waals surface area contributed by atoms with E-state index in [-0.39, 0.29) is 36.0 Å². The third kappa shape index (κ3) is 3.49. The van der Waals surface area contributed by atoms with Crippen LogP contribution in [-0.4, -0.2) is 23.6 Å². The van der Waals surface area contributed by atoms with Gasteiger partial charge in [-0.2, -0.15) is 0 Å². The molecule has 29 heavy (non-hydrogen) atoms. The van der Waals surface area contributed by atoms with Gasteiger partial charge in [0.1, 0.15) is 0 Å². The summed E-state index contributed by atoms with van der Waals surface area (Å²) < 4.78 is 0. The molecule has 6 nitrogen and oxygen atoms in total. The molecule has 2 aromatic carbocycles. The van der Waals surface area contributed by atoms with Crippen molar-refractivity contribution in [1.29, 1.82) is 0 Å². The topological polar surface area (TPSA) is 74.8 Å². The lowest BCUT2D eigenvalue weighted by Crippen LogP contribution is -2.30. The summed E-state index contributed by atoms with van der Waals surface area (Å²) in [6.45, 7) is 1.92. The lowest BCUT2D eigenvalue weighted by Gasteiger charge is -2.16. The second-order valence-electron chi connectivity index (χ2n) is 7.23. The van der Waals surface area contributed by atoms with Crippen LogP contribution in [-0.2, 0) is 25.6 Å². The van der Waals surface area contributed by atoms with Crippen LogP contribution in [0, 0.1) is 5.92 Å². The van der Waals surface area contributed by atoms with Gasteiger partial charge >= 0.3 is 0 Å². The van der Waals surface area contributed by atoms with E-state index < -0.39 is 0 Å². The van der Waals surface area contributed by atoms with Gasteiger partial charge < -0.3 is 0 Å². The van der Waals surface area contributed by atoms with E-state index in [1.165, 1.54) is 17.1 Å². The molecule has 0 saturated carbocycles. The molecule has 0 aliphatic carbocycles. The zero-order valence-electron chi connectivity index (χ0n) is 16.0. The van der Waals surface area contributed by atoms with Crippen molar-refractivity contribution in [3.63, 3.8) is 0 Å². The first-order valence-electron chi connectivity index (χ1n) is 9.58. The molecule has 6 heteroatoms. The summed E-state index contributed by atoms with van der Waals surface area (Å²) in [6, 6.07) is 14.7. The predicted octanol–water partition coefficient (Wildman–Crippen LogP) is 3.00. The number of carbonyl (C=O) groups excluding carboxylic acids is 4. The molecule has 0 radical (unpaired) electrons. The van der Waals surface area contributed by atoms with Crippen LogP contribution in [0.2, 0.25) is 0 Å². The highest BCUT2D eigenvalue weighted by Crippen LogP contribution is 2.29. The third-order valence-electron chi connectivity index (χ3n) is 5.34. The van der Waals surface area contributed by atoms with Gasteiger partial charge in [0, 0.05) is 24.5 Å². The van der Waals surface area contributed by atoms with Gasteiger partial charge in [-0.3, -0.25) is 24.1 Å². The first-order valence-corrected chi connectivity index (χ1v) is 9.58. The first-order chi connectivity index (χ1) is 14.0. The molecular weight excluding hydrogens is 368 g/mol. The van der Waals surface area contributed by atoms with Crippen molar-refractivity contribution in [3.8, 4) is 0 Å². The molecule has 2 heterocycles. The fourth-order valence-corrected chi connectivity index (χ4v) is 3.70. The summed E-state index contributed by atoms with van der Waals surface area (Å²) in [7, 11) is 0. The number of hydrogen-bond acceptors (Lipinski definition) is 4. The van der Waals surface area contributed by atoms with Crippen molar-refractivity contribution in [3.05, 3.63) is 71.8 Å². The molecule has 146 valence electrons. The lowest BCUT2D eigenvalue weighted by molar-refractivity contribution is -0.123. The van der Waals surface area contributed by atoms with Crippen molar-refractivity contribution < 1.29 is 19.2 Å². The molecule has 1 unspecified atom stereocenters. The second kappa shape index (κ2) is 7.47. The Morgan fingerprint density at radius 2 is 1.24 bits per heavy atom. The quantitative estimate of drug-likeness (QED) is 0.738. The Labute approximate surface area is 168 Å². The van der Waals surface area contributed by atoms with Gasteiger partial charge in [0.15, 0.2) is 0 Å². The van der Waals surface area contributed by atoms with E-state index in [4.69, 9.17) is 0 Å². The maximum atomic E-state index is 12.4. The molecule has 1 atom stereocenters. The molecule has 1 fully saturated rings. The molecule has 2 aliphatic heterocycles. The minimum Gasteiger partial charge on any atom is -0.274 e. The van der Waals surface area contributed by atoms with Gasteiger partial charge in [-0.25, -0.2) is 4.90 Å². The van der Waals surface area contributed by atoms with Crippen LogP contribution in [0.15, 0.2) is 60.7 Å². The van der Waals surface area contributed by atoms with Crippen LogP contribution in [0.5, 0.6) is 0 Å². The fraction of sp³-hybridized carbons (Fsp3) is 0.217. The average molecular weight is 388 g/mol. The van der Waals surface area contributed by atoms with E-state index in [2.05, 4.69) is 0 Å². The molecule has 0 aromatic heterocycles. The van der Waals surface area contributed by atoms with E-state index in [1.807, 2.05) is 31.2 Å². The smallest absolute Gasteiger partial charge is 0.258 e. The largest absolute Gasteiger partial charge is 0.274 e. The van der Waals surface area contributed by atoms with Gasteiger partial charge in [0.05, 0.1) is 11.4 Å². The molecule has 0 bridgehead atoms. The van der Waals surface area contributed by atoms with Crippen LogP contribution in [0.25, 0.3) is 0 Å². The molecule has 4 rings (SSSR count). The number of anilines is 2. The Bertz CT molecular complexity index is 1000. The molecule has 2 aliphatic rings. The zero-order chi connectivity index (χ0) is 20.5. The van der Waals surface area contributed by atoms with Crippen molar-refractivity contribution in [2.75, 3.05) is 9.80 Å². The van der Waals surface area contributed by atoms with Crippen LogP contribution in [0.3, 0.4) is 0 Å². The van der Waals surface area contributed by atoms with E-state index >= 15 is 0 Å². The highest BCUT2D eigenvalue weighted by atomic mass is 16.2. The number of carbonyl (C=O) groups is 4. The van der Waals surface area contributed by atoms with Gasteiger partial charge in [0.25, 0.3) is 11.8 Å². The predicted molar refractivity (Wildman–Crippen MR) is 108 cm³/mol. The molecule has 2 aromatic rings. The molecule has 4 amide bonds. The standard InChI is InChI=1S/C23H20N2O4/c1-2-17-14-22(28)25(23(17)29)19-9-5-16(6-10-19)13-15-3-7-18(8-4-15)24-20(26)11-12-21(24)27/h3-12,17H,2,13-14H2,1H3. The number of amides is 4. The fourth-order valence-electron chi connectivity index (χ4n) is 3.70. The van der Waals surface area contributed by atoms with Crippen molar-refractivity contribution in [2.45, 2.75) is 26.2 Å². The first kappa shape index (κ1) is 18.8. The normalized spacial score (nSPS) is 19.0. The number of hydrogen-bond donors (Lipinski definition) is 0. The summed E-state index contributed by atoms with van der Waals surface area (Å²) in [4.78, 5) is 50.4. The Morgan fingerprint density at radius 1 is 0.759 bits per heavy atom. The highest BCUT2D eigenvalue weighted by molar-refractivity contribution is 6.28. The summed E-state index contributed by atoms with van der Waals surface area (Å²) in [5.41, 5.74) is 3.20. The third-order valence-corrected chi connectivity index (χ3v) is 5.34. The Balaban J connectivity index is 1.45. The maximum absolute atomic E-state index is 12.4. The van der Waals surface area contributed by atoms with Crippen LogP contribution < -0.4 is 9.80 Å². The Hall–Kier alpha value is -3.54. The summed E-state index contributed by atoms with van der Waals surface area (Å²) >= 11 is 0. The van der Waals surface area contributed by atoms with E-state index in [9.17, 15) is 19.2 Å². The zero-order valence-corrected chi connectivity index (χ0v) is 16.0. The average Bonchev–Trinajstić information content (AvgIpc) is 3.21. The lowest BCUT2D eigenvalue weighted by atomic mass is 10.0. The number of rotatable bonds is 5. The van der Waals surface area contributed by atoms with Crippen molar-refractivity contribution in [2.24, 2.45) is 5.92 Å². The number of imide groups is 2. The van der Waals surface area contributed by atoms with Gasteiger partial charge in [-0.15, -0.1) is 0 Å². The minimum absolute atomic E-state index is 0.124. The molecule has 1 saturated heterocycles.